The van der Waals surface area contributed by atoms with Gasteiger partial charge in [0.15, 0.2) is 0 Å². The molecule has 1 amide bonds. The van der Waals surface area contributed by atoms with Gasteiger partial charge in [-0.25, -0.2) is 4.98 Å². The molecule has 0 bridgehead atoms. The average molecular weight is 280 g/mol. The lowest BCUT2D eigenvalue weighted by molar-refractivity contribution is -0.0327. The predicted molar refractivity (Wildman–Crippen MR) is 59.2 cm³/mol. The van der Waals surface area contributed by atoms with E-state index in [9.17, 15) is 18.0 Å². The second-order valence-corrected chi connectivity index (χ2v) is 5.03. The maximum Gasteiger partial charge on any atom is 0.441 e. The van der Waals surface area contributed by atoms with Crippen LogP contribution < -0.4 is 5.32 Å². The van der Waals surface area contributed by atoms with Crippen LogP contribution in [0.2, 0.25) is 0 Å². The second kappa shape index (κ2) is 5.17. The van der Waals surface area contributed by atoms with E-state index in [4.69, 9.17) is 0 Å². The molecule has 1 aliphatic rings. The van der Waals surface area contributed by atoms with Crippen molar-refractivity contribution in [2.45, 2.75) is 24.3 Å². The highest BCUT2D eigenvalue weighted by atomic mass is 32.2. The minimum absolute atomic E-state index is 0.0195. The van der Waals surface area contributed by atoms with E-state index in [2.05, 4.69) is 20.5 Å². The summed E-state index contributed by atoms with van der Waals surface area (Å²) < 4.78 is 35.5. The quantitative estimate of drug-likeness (QED) is 0.805. The van der Waals surface area contributed by atoms with Crippen LogP contribution in [0, 0.1) is 0 Å². The number of rotatable bonds is 5. The monoisotopic (exact) mass is 280 g/mol. The van der Waals surface area contributed by atoms with Gasteiger partial charge in [0.05, 0.1) is 0 Å². The molecule has 18 heavy (non-hydrogen) atoms. The van der Waals surface area contributed by atoms with E-state index in [1.807, 2.05) is 0 Å². The zero-order valence-corrected chi connectivity index (χ0v) is 10.1. The lowest BCUT2D eigenvalue weighted by atomic mass is 10.4. The number of aromatic nitrogens is 3. The molecule has 1 fully saturated rings. The fourth-order valence-electron chi connectivity index (χ4n) is 1.33. The molecule has 2 N–H and O–H groups in total. The van der Waals surface area contributed by atoms with Crippen LogP contribution >= 0.6 is 11.8 Å². The fourth-order valence-corrected chi connectivity index (χ4v) is 1.76. The Morgan fingerprint density at radius 1 is 1.50 bits per heavy atom. The SMILES string of the molecule is O=C(NCCSC(F)(F)F)c1n[nH]c(C2CC2)n1. The first-order chi connectivity index (χ1) is 8.46. The molecule has 5 nitrogen and oxygen atoms in total. The first-order valence-electron chi connectivity index (χ1n) is 5.37. The summed E-state index contributed by atoms with van der Waals surface area (Å²) in [5.41, 5.74) is -4.27. The van der Waals surface area contributed by atoms with E-state index < -0.39 is 11.4 Å². The van der Waals surface area contributed by atoms with Gasteiger partial charge in [-0.05, 0) is 24.6 Å². The molecule has 1 heterocycles. The number of carbonyl (C=O) groups excluding carboxylic acids is 1. The summed E-state index contributed by atoms with van der Waals surface area (Å²) in [7, 11) is 0. The summed E-state index contributed by atoms with van der Waals surface area (Å²) in [5, 5.41) is 8.72. The van der Waals surface area contributed by atoms with Crippen LogP contribution in [-0.4, -0.2) is 38.9 Å². The van der Waals surface area contributed by atoms with Gasteiger partial charge in [0.25, 0.3) is 5.91 Å². The van der Waals surface area contributed by atoms with Gasteiger partial charge in [0.2, 0.25) is 5.82 Å². The molecule has 9 heteroatoms. The molecule has 0 aliphatic heterocycles. The number of H-pyrrole nitrogens is 1. The zero-order valence-electron chi connectivity index (χ0n) is 9.25. The molecule has 1 aliphatic carbocycles. The number of aromatic amines is 1. The van der Waals surface area contributed by atoms with Gasteiger partial charge < -0.3 is 5.32 Å². The van der Waals surface area contributed by atoms with E-state index >= 15 is 0 Å². The van der Waals surface area contributed by atoms with Crippen molar-refractivity contribution < 1.29 is 18.0 Å². The fraction of sp³-hybridized carbons (Fsp3) is 0.667. The van der Waals surface area contributed by atoms with Crippen molar-refractivity contribution in [1.29, 1.82) is 0 Å². The van der Waals surface area contributed by atoms with Gasteiger partial charge in [0.1, 0.15) is 5.82 Å². The molecule has 1 aromatic heterocycles. The molecule has 0 unspecified atom stereocenters. The van der Waals surface area contributed by atoms with Gasteiger partial charge in [-0.15, -0.1) is 5.10 Å². The minimum atomic E-state index is -4.27. The standard InChI is InChI=1S/C9H11F3N4OS/c10-9(11,12)18-4-3-13-8(17)7-14-6(15-16-7)5-1-2-5/h5H,1-4H2,(H,13,17)(H,14,15,16). The molecular weight excluding hydrogens is 269 g/mol. The normalized spacial score (nSPS) is 15.7. The first-order valence-corrected chi connectivity index (χ1v) is 6.35. The number of alkyl halides is 3. The van der Waals surface area contributed by atoms with Crippen LogP contribution in [0.15, 0.2) is 0 Å². The summed E-state index contributed by atoms with van der Waals surface area (Å²) in [5.74, 6) is 0.217. The summed E-state index contributed by atoms with van der Waals surface area (Å²) >= 11 is -0.172. The molecule has 100 valence electrons. The van der Waals surface area contributed by atoms with Gasteiger partial charge in [-0.2, -0.15) is 13.2 Å². The smallest absolute Gasteiger partial charge is 0.348 e. The molecule has 2 rings (SSSR count). The van der Waals surface area contributed by atoms with E-state index in [0.29, 0.717) is 11.7 Å². The maximum absolute atomic E-state index is 11.8. The van der Waals surface area contributed by atoms with E-state index in [-0.39, 0.29) is 29.9 Å². The molecule has 1 saturated carbocycles. The Hall–Kier alpha value is -1.25. The van der Waals surface area contributed by atoms with Crippen molar-refractivity contribution in [3.05, 3.63) is 11.6 Å². The highest BCUT2D eigenvalue weighted by Gasteiger charge is 2.29. The number of carbonyl (C=O) groups is 1. The molecule has 0 atom stereocenters. The van der Waals surface area contributed by atoms with Gasteiger partial charge in [0, 0.05) is 18.2 Å². The number of nitrogens with zero attached hydrogens (tertiary/aromatic N) is 2. The zero-order chi connectivity index (χ0) is 13.2. The van der Waals surface area contributed by atoms with E-state index in [1.165, 1.54) is 0 Å². The van der Waals surface area contributed by atoms with Crippen molar-refractivity contribution in [2.24, 2.45) is 0 Å². The third-order valence-electron chi connectivity index (χ3n) is 2.32. The number of nitrogens with one attached hydrogen (secondary N) is 2. The first kappa shape index (κ1) is 13.2. The lowest BCUT2D eigenvalue weighted by Crippen LogP contribution is -2.27. The van der Waals surface area contributed by atoms with Crippen molar-refractivity contribution in [2.75, 3.05) is 12.3 Å². The summed E-state index contributed by atoms with van der Waals surface area (Å²) in [4.78, 5) is 15.5. The van der Waals surface area contributed by atoms with E-state index in [1.54, 1.807) is 0 Å². The van der Waals surface area contributed by atoms with E-state index in [0.717, 1.165) is 12.8 Å². The van der Waals surface area contributed by atoms with Crippen molar-refractivity contribution in [1.82, 2.24) is 20.5 Å². The van der Waals surface area contributed by atoms with Crippen LogP contribution in [0.4, 0.5) is 13.2 Å². The molecule has 0 saturated heterocycles. The van der Waals surface area contributed by atoms with Crippen molar-refractivity contribution in [3.63, 3.8) is 0 Å². The third-order valence-corrected chi connectivity index (χ3v) is 3.06. The highest BCUT2D eigenvalue weighted by molar-refractivity contribution is 8.00. The van der Waals surface area contributed by atoms with Crippen LogP contribution in [-0.2, 0) is 0 Å². The summed E-state index contributed by atoms with van der Waals surface area (Å²) in [6.45, 7) is -0.0731. The number of thioether (sulfide) groups is 1. The van der Waals surface area contributed by atoms with Crippen molar-refractivity contribution >= 4 is 17.7 Å². The highest BCUT2D eigenvalue weighted by Crippen LogP contribution is 2.37. The maximum atomic E-state index is 11.8. The third kappa shape index (κ3) is 3.90. The Labute approximate surface area is 105 Å². The van der Waals surface area contributed by atoms with Crippen molar-refractivity contribution in [3.8, 4) is 0 Å². The Bertz CT molecular complexity index is 430. The second-order valence-electron chi connectivity index (χ2n) is 3.87. The number of hydrogen-bond acceptors (Lipinski definition) is 4. The molecule has 0 aromatic carbocycles. The topological polar surface area (TPSA) is 70.7 Å². The van der Waals surface area contributed by atoms with Gasteiger partial charge in [-0.3, -0.25) is 9.89 Å². The Morgan fingerprint density at radius 3 is 2.83 bits per heavy atom. The average Bonchev–Trinajstić information content (AvgIpc) is 3.01. The number of amides is 1. The molecule has 0 radical (unpaired) electrons. The van der Waals surface area contributed by atoms with Crippen LogP contribution in [0.3, 0.4) is 0 Å². The Balaban J connectivity index is 1.73. The van der Waals surface area contributed by atoms with Crippen LogP contribution in [0.5, 0.6) is 0 Å². The summed E-state index contributed by atoms with van der Waals surface area (Å²) in [6.07, 6.45) is 2.05. The largest absolute Gasteiger partial charge is 0.441 e. The van der Waals surface area contributed by atoms with Crippen LogP contribution in [0.1, 0.15) is 35.2 Å². The lowest BCUT2D eigenvalue weighted by Gasteiger charge is -2.05. The van der Waals surface area contributed by atoms with Gasteiger partial charge >= 0.3 is 5.51 Å². The predicted octanol–water partition coefficient (Wildman–Crippen LogP) is 1.66. The Morgan fingerprint density at radius 2 is 2.22 bits per heavy atom. The van der Waals surface area contributed by atoms with Gasteiger partial charge in [-0.1, -0.05) is 0 Å². The molecule has 1 aromatic rings. The van der Waals surface area contributed by atoms with Crippen LogP contribution in [0.25, 0.3) is 0 Å². The number of halogens is 3. The molecular formula is C9H11F3N4OS. The molecule has 0 spiro atoms. The number of hydrogen-bond donors (Lipinski definition) is 2. The Kier molecular flexibility index (Phi) is 3.79. The minimum Gasteiger partial charge on any atom is -0.348 e. The summed E-state index contributed by atoms with van der Waals surface area (Å²) in [6, 6.07) is 0.